The number of hydrogen-bond donors (Lipinski definition) is 2. The number of halogens is 2. The van der Waals surface area contributed by atoms with E-state index in [0.29, 0.717) is 22.4 Å². The zero-order valence-corrected chi connectivity index (χ0v) is 18.4. The Morgan fingerprint density at radius 2 is 1.83 bits per heavy atom. The molecule has 150 valence electrons. The van der Waals surface area contributed by atoms with Crippen molar-refractivity contribution in [2.45, 2.75) is 6.10 Å². The fraction of sp³-hybridized carbons (Fsp3) is 0.0952. The largest absolute Gasteiger partial charge is 0.493 e. The van der Waals surface area contributed by atoms with Gasteiger partial charge in [0, 0.05) is 14.3 Å². The van der Waals surface area contributed by atoms with Crippen LogP contribution in [0.3, 0.4) is 0 Å². The highest BCUT2D eigenvalue weighted by Crippen LogP contribution is 2.40. The van der Waals surface area contributed by atoms with E-state index in [0.717, 1.165) is 19.7 Å². The summed E-state index contributed by atoms with van der Waals surface area (Å²) in [6.07, 6.45) is -0.923. The minimum Gasteiger partial charge on any atom is -0.493 e. The Kier molecular flexibility index (Phi) is 4.71. The molecule has 0 saturated carbocycles. The lowest BCUT2D eigenvalue weighted by Crippen LogP contribution is -2.35. The number of rotatable bonds is 2. The molecule has 9 heteroatoms. The van der Waals surface area contributed by atoms with E-state index in [1.54, 1.807) is 6.07 Å². The van der Waals surface area contributed by atoms with Crippen LogP contribution in [0.25, 0.3) is 21.7 Å². The number of nitrogens with one attached hydrogen (secondary N) is 1. The van der Waals surface area contributed by atoms with Crippen LogP contribution >= 0.6 is 31.9 Å². The maximum atomic E-state index is 12.6. The summed E-state index contributed by atoms with van der Waals surface area (Å²) >= 11 is 6.82. The van der Waals surface area contributed by atoms with Crippen LogP contribution in [-0.2, 0) is 4.79 Å². The van der Waals surface area contributed by atoms with E-state index in [-0.39, 0.29) is 18.2 Å². The predicted molar refractivity (Wildman–Crippen MR) is 119 cm³/mol. The van der Waals surface area contributed by atoms with Gasteiger partial charge in [0.1, 0.15) is 6.61 Å². The zero-order chi connectivity index (χ0) is 20.8. The van der Waals surface area contributed by atoms with Gasteiger partial charge in [-0.2, -0.15) is 0 Å². The first-order valence-corrected chi connectivity index (χ1v) is 10.6. The number of aromatic amines is 1. The number of carbonyl (C=O) groups is 1. The molecule has 1 aliphatic rings. The Morgan fingerprint density at radius 3 is 2.60 bits per heavy atom. The lowest BCUT2D eigenvalue weighted by Gasteiger charge is -2.24. The molecule has 1 aliphatic heterocycles. The van der Waals surface area contributed by atoms with Crippen LogP contribution in [0.1, 0.15) is 0 Å². The average molecular weight is 531 g/mol. The summed E-state index contributed by atoms with van der Waals surface area (Å²) in [5.74, 6) is 0.282. The highest BCUT2D eigenvalue weighted by molar-refractivity contribution is 9.11. The first-order valence-electron chi connectivity index (χ1n) is 8.97. The first-order chi connectivity index (χ1) is 14.5. The standard InChI is InChI=1S/C21H13Br2N3O4/c22-12-7-13-18(14(23)8-12)24-21(28)19(13)25-26-20(27)17-9-29-15-5-10-3-1-2-4-11(10)6-16(15)30-17/h1-8,17,24,28H,9H2/t17-/m1/s1. The first kappa shape index (κ1) is 19.1. The van der Waals surface area contributed by atoms with Crippen LogP contribution < -0.4 is 9.47 Å². The van der Waals surface area contributed by atoms with Crippen LogP contribution in [0.2, 0.25) is 0 Å². The number of nitrogens with zero attached hydrogens (tertiary/aromatic N) is 2. The van der Waals surface area contributed by atoms with Crippen molar-refractivity contribution in [2.24, 2.45) is 10.2 Å². The number of carbonyl (C=O) groups excluding carboxylic acids is 1. The summed E-state index contributed by atoms with van der Waals surface area (Å²) in [4.78, 5) is 15.4. The lowest BCUT2D eigenvalue weighted by molar-refractivity contribution is -0.127. The fourth-order valence-corrected chi connectivity index (χ4v) is 4.66. The van der Waals surface area contributed by atoms with Crippen molar-refractivity contribution in [2.75, 3.05) is 6.61 Å². The molecule has 0 radical (unpaired) electrons. The molecular weight excluding hydrogens is 518 g/mol. The molecule has 1 amide bonds. The molecule has 0 bridgehead atoms. The van der Waals surface area contributed by atoms with Crippen LogP contribution in [0.5, 0.6) is 17.4 Å². The molecule has 0 aliphatic carbocycles. The van der Waals surface area contributed by atoms with E-state index in [2.05, 4.69) is 47.1 Å². The van der Waals surface area contributed by atoms with Crippen molar-refractivity contribution in [3.05, 3.63) is 57.5 Å². The molecule has 7 nitrogen and oxygen atoms in total. The van der Waals surface area contributed by atoms with Crippen LogP contribution in [-0.4, -0.2) is 28.7 Å². The Labute approximate surface area is 187 Å². The van der Waals surface area contributed by atoms with Gasteiger partial charge in [0.15, 0.2) is 17.2 Å². The second kappa shape index (κ2) is 7.41. The van der Waals surface area contributed by atoms with E-state index in [1.807, 2.05) is 42.5 Å². The van der Waals surface area contributed by atoms with Gasteiger partial charge in [0.25, 0.3) is 0 Å². The number of aromatic hydroxyl groups is 1. The van der Waals surface area contributed by atoms with Gasteiger partial charge in [0.2, 0.25) is 12.0 Å². The highest BCUT2D eigenvalue weighted by atomic mass is 79.9. The van der Waals surface area contributed by atoms with E-state index in [4.69, 9.17) is 9.47 Å². The van der Waals surface area contributed by atoms with E-state index >= 15 is 0 Å². The molecule has 2 heterocycles. The normalized spacial score (nSPS) is 15.9. The topological polar surface area (TPSA) is 96.3 Å². The van der Waals surface area contributed by atoms with Crippen molar-refractivity contribution >= 4 is 65.1 Å². The molecular formula is C21H13Br2N3O4. The SMILES string of the molecule is O=C(N=Nc1c(O)[nH]c2c(Br)cc(Br)cc12)[C@H]1COc2cc3ccccc3cc2O1. The molecule has 1 aromatic heterocycles. The molecule has 0 unspecified atom stereocenters. The summed E-state index contributed by atoms with van der Waals surface area (Å²) in [5.41, 5.74) is 0.818. The van der Waals surface area contributed by atoms with Crippen molar-refractivity contribution in [1.29, 1.82) is 0 Å². The lowest BCUT2D eigenvalue weighted by atomic mass is 10.1. The smallest absolute Gasteiger partial charge is 0.308 e. The Hall–Kier alpha value is -2.91. The van der Waals surface area contributed by atoms with Gasteiger partial charge >= 0.3 is 5.91 Å². The third-order valence-electron chi connectivity index (χ3n) is 4.77. The molecule has 1 atom stereocenters. The molecule has 0 saturated heterocycles. The summed E-state index contributed by atoms with van der Waals surface area (Å²) in [6, 6.07) is 15.1. The van der Waals surface area contributed by atoms with Gasteiger partial charge in [-0.15, -0.1) is 10.2 Å². The van der Waals surface area contributed by atoms with Crippen LogP contribution in [0.15, 0.2) is 67.7 Å². The number of amides is 1. The second-order valence-electron chi connectivity index (χ2n) is 6.73. The van der Waals surface area contributed by atoms with E-state index in [1.165, 1.54) is 0 Å². The number of benzene rings is 3. The Bertz CT molecular complexity index is 1350. The number of azo groups is 1. The molecule has 2 N–H and O–H groups in total. The summed E-state index contributed by atoms with van der Waals surface area (Å²) in [6.45, 7) is 0.0279. The molecule has 0 spiro atoms. The maximum Gasteiger partial charge on any atom is 0.308 e. The number of fused-ring (bicyclic) bond motifs is 3. The molecule has 5 rings (SSSR count). The highest BCUT2D eigenvalue weighted by Gasteiger charge is 2.28. The quantitative estimate of drug-likeness (QED) is 0.310. The van der Waals surface area contributed by atoms with Crippen LogP contribution in [0.4, 0.5) is 5.69 Å². The van der Waals surface area contributed by atoms with Gasteiger partial charge < -0.3 is 19.6 Å². The molecule has 4 aromatic rings. The molecule has 0 fully saturated rings. The summed E-state index contributed by atoms with van der Waals surface area (Å²) in [5, 5.41) is 20.6. The number of aromatic nitrogens is 1. The van der Waals surface area contributed by atoms with Crippen molar-refractivity contribution in [1.82, 2.24) is 4.98 Å². The van der Waals surface area contributed by atoms with Gasteiger partial charge in [-0.05, 0) is 51.0 Å². The van der Waals surface area contributed by atoms with Gasteiger partial charge in [0.05, 0.1) is 5.52 Å². The zero-order valence-electron chi connectivity index (χ0n) is 15.2. The third-order valence-corrected chi connectivity index (χ3v) is 5.86. The predicted octanol–water partition coefficient (Wildman–Crippen LogP) is 6.00. The minimum absolute atomic E-state index is 0.0279. The Morgan fingerprint density at radius 1 is 1.10 bits per heavy atom. The van der Waals surface area contributed by atoms with Crippen LogP contribution in [0, 0.1) is 0 Å². The number of hydrogen-bond acceptors (Lipinski definition) is 5. The second-order valence-corrected chi connectivity index (χ2v) is 8.50. The third kappa shape index (κ3) is 3.33. The summed E-state index contributed by atoms with van der Waals surface area (Å²) < 4.78 is 13.1. The number of ether oxygens (including phenoxy) is 2. The monoisotopic (exact) mass is 529 g/mol. The van der Waals surface area contributed by atoms with Crippen molar-refractivity contribution in [3.8, 4) is 17.4 Å². The molecule has 3 aromatic carbocycles. The minimum atomic E-state index is -0.923. The van der Waals surface area contributed by atoms with E-state index < -0.39 is 12.0 Å². The molecule has 30 heavy (non-hydrogen) atoms. The number of H-pyrrole nitrogens is 1. The van der Waals surface area contributed by atoms with Gasteiger partial charge in [-0.25, -0.2) is 0 Å². The average Bonchev–Trinajstić information content (AvgIpc) is 3.05. The van der Waals surface area contributed by atoms with E-state index in [9.17, 15) is 9.90 Å². The maximum absolute atomic E-state index is 12.6. The van der Waals surface area contributed by atoms with Crippen molar-refractivity contribution < 1.29 is 19.4 Å². The summed E-state index contributed by atoms with van der Waals surface area (Å²) in [7, 11) is 0. The van der Waals surface area contributed by atoms with Gasteiger partial charge in [-0.1, -0.05) is 40.2 Å². The Balaban J connectivity index is 1.41. The fourth-order valence-electron chi connectivity index (χ4n) is 3.34. The van der Waals surface area contributed by atoms with Crippen molar-refractivity contribution in [3.63, 3.8) is 0 Å². The van der Waals surface area contributed by atoms with Gasteiger partial charge in [-0.3, -0.25) is 4.79 Å².